The van der Waals surface area contributed by atoms with E-state index >= 15 is 0 Å². The summed E-state index contributed by atoms with van der Waals surface area (Å²) < 4.78 is 32.0. The SMILES string of the molecule is CCN(CC)S(=O)(=O)c1cccc(C(=O)N[C@@H](C(=O)NCc2ccco2)C(C)C)c1. The number of hydrogen-bond donors (Lipinski definition) is 2. The van der Waals surface area contributed by atoms with E-state index in [9.17, 15) is 18.0 Å². The van der Waals surface area contributed by atoms with E-state index in [1.165, 1.54) is 34.8 Å². The van der Waals surface area contributed by atoms with E-state index in [4.69, 9.17) is 4.42 Å². The van der Waals surface area contributed by atoms with Crippen LogP contribution in [0, 0.1) is 5.92 Å². The van der Waals surface area contributed by atoms with Crippen molar-refractivity contribution in [2.24, 2.45) is 5.92 Å². The van der Waals surface area contributed by atoms with Crippen LogP contribution < -0.4 is 10.6 Å². The minimum absolute atomic E-state index is 0.0437. The van der Waals surface area contributed by atoms with Crippen LogP contribution in [0.3, 0.4) is 0 Å². The number of sulfonamides is 1. The van der Waals surface area contributed by atoms with Gasteiger partial charge in [-0.1, -0.05) is 33.8 Å². The van der Waals surface area contributed by atoms with Crippen LogP contribution in [-0.2, 0) is 21.4 Å². The lowest BCUT2D eigenvalue weighted by Gasteiger charge is -2.22. The molecule has 0 saturated carbocycles. The van der Waals surface area contributed by atoms with Crippen molar-refractivity contribution in [2.45, 2.75) is 45.2 Å². The van der Waals surface area contributed by atoms with Gasteiger partial charge >= 0.3 is 0 Å². The molecule has 0 unspecified atom stereocenters. The van der Waals surface area contributed by atoms with Crippen molar-refractivity contribution in [3.63, 3.8) is 0 Å². The van der Waals surface area contributed by atoms with Gasteiger partial charge < -0.3 is 15.1 Å². The molecule has 1 aromatic carbocycles. The quantitative estimate of drug-likeness (QED) is 0.596. The molecule has 0 spiro atoms. The molecule has 1 aromatic heterocycles. The Balaban J connectivity index is 2.15. The standard InChI is InChI=1S/C21H29N3O5S/c1-5-24(6-2)30(27,28)18-11-7-9-16(13-18)20(25)23-19(15(3)4)21(26)22-14-17-10-8-12-29-17/h7-13,15,19H,5-6,14H2,1-4H3,(H,22,26)(H,23,25)/t19-/m1/s1. The van der Waals surface area contributed by atoms with Crippen LogP contribution in [0.25, 0.3) is 0 Å². The second-order valence-electron chi connectivity index (χ2n) is 7.11. The maximum atomic E-state index is 12.8. The summed E-state index contributed by atoms with van der Waals surface area (Å²) in [6.07, 6.45) is 1.52. The minimum Gasteiger partial charge on any atom is -0.467 e. The summed E-state index contributed by atoms with van der Waals surface area (Å²) in [5.74, 6) is -0.431. The third-order valence-electron chi connectivity index (χ3n) is 4.69. The Bertz CT molecular complexity index is 951. The summed E-state index contributed by atoms with van der Waals surface area (Å²) in [6.45, 7) is 8.03. The van der Waals surface area contributed by atoms with Gasteiger partial charge in [-0.05, 0) is 36.2 Å². The van der Waals surface area contributed by atoms with Crippen molar-refractivity contribution in [1.29, 1.82) is 0 Å². The van der Waals surface area contributed by atoms with Crippen LogP contribution >= 0.6 is 0 Å². The van der Waals surface area contributed by atoms with Crippen LogP contribution in [0.1, 0.15) is 43.8 Å². The Morgan fingerprint density at radius 3 is 2.37 bits per heavy atom. The van der Waals surface area contributed by atoms with Crippen molar-refractivity contribution in [1.82, 2.24) is 14.9 Å². The van der Waals surface area contributed by atoms with Crippen molar-refractivity contribution < 1.29 is 22.4 Å². The van der Waals surface area contributed by atoms with Crippen LogP contribution in [-0.4, -0.2) is 43.7 Å². The summed E-state index contributed by atoms with van der Waals surface area (Å²) in [6, 6.07) is 8.52. The van der Waals surface area contributed by atoms with E-state index in [1.807, 2.05) is 13.8 Å². The summed E-state index contributed by atoms with van der Waals surface area (Å²) in [5, 5.41) is 5.45. The molecule has 0 fully saturated rings. The van der Waals surface area contributed by atoms with Gasteiger partial charge in [-0.15, -0.1) is 0 Å². The Kier molecular flexibility index (Phi) is 8.19. The number of furan rings is 1. The molecule has 8 nitrogen and oxygen atoms in total. The zero-order valence-corrected chi connectivity index (χ0v) is 18.5. The van der Waals surface area contributed by atoms with Crippen LogP contribution in [0.2, 0.25) is 0 Å². The third kappa shape index (κ3) is 5.70. The van der Waals surface area contributed by atoms with Gasteiger partial charge in [0.1, 0.15) is 11.8 Å². The molecule has 9 heteroatoms. The smallest absolute Gasteiger partial charge is 0.251 e. The molecule has 1 heterocycles. The topological polar surface area (TPSA) is 109 Å². The molecule has 2 rings (SSSR count). The normalized spacial score (nSPS) is 12.7. The molecule has 164 valence electrons. The lowest BCUT2D eigenvalue weighted by atomic mass is 10.0. The maximum Gasteiger partial charge on any atom is 0.251 e. The number of nitrogens with one attached hydrogen (secondary N) is 2. The van der Waals surface area contributed by atoms with Crippen LogP contribution in [0.5, 0.6) is 0 Å². The second kappa shape index (κ2) is 10.4. The fourth-order valence-corrected chi connectivity index (χ4v) is 4.47. The summed E-state index contributed by atoms with van der Waals surface area (Å²) >= 11 is 0. The molecule has 0 bridgehead atoms. The van der Waals surface area contributed by atoms with Gasteiger partial charge in [0.15, 0.2) is 0 Å². The van der Waals surface area contributed by atoms with Gasteiger partial charge in [0.25, 0.3) is 5.91 Å². The monoisotopic (exact) mass is 435 g/mol. The molecule has 2 aromatic rings. The predicted molar refractivity (Wildman–Crippen MR) is 113 cm³/mol. The van der Waals surface area contributed by atoms with E-state index in [0.29, 0.717) is 18.8 Å². The molecule has 30 heavy (non-hydrogen) atoms. The molecule has 0 aliphatic rings. The lowest BCUT2D eigenvalue weighted by molar-refractivity contribution is -0.124. The summed E-state index contributed by atoms with van der Waals surface area (Å²) in [5.41, 5.74) is 0.174. The van der Waals surface area contributed by atoms with Crippen molar-refractivity contribution in [3.8, 4) is 0 Å². The number of nitrogens with zero attached hydrogens (tertiary/aromatic N) is 1. The van der Waals surface area contributed by atoms with E-state index in [-0.39, 0.29) is 28.8 Å². The van der Waals surface area contributed by atoms with E-state index in [0.717, 1.165) is 0 Å². The molecular weight excluding hydrogens is 406 g/mol. The van der Waals surface area contributed by atoms with E-state index in [1.54, 1.807) is 26.0 Å². The Morgan fingerprint density at radius 1 is 1.10 bits per heavy atom. The molecule has 2 N–H and O–H groups in total. The molecule has 1 atom stereocenters. The second-order valence-corrected chi connectivity index (χ2v) is 9.05. The maximum absolute atomic E-state index is 12.8. The summed E-state index contributed by atoms with van der Waals surface area (Å²) in [7, 11) is -3.69. The highest BCUT2D eigenvalue weighted by Gasteiger charge is 2.26. The van der Waals surface area contributed by atoms with Gasteiger partial charge in [-0.3, -0.25) is 9.59 Å². The molecule has 0 saturated heterocycles. The van der Waals surface area contributed by atoms with Gasteiger partial charge in [0, 0.05) is 18.7 Å². The molecule has 0 aliphatic carbocycles. The van der Waals surface area contributed by atoms with Gasteiger partial charge in [0.05, 0.1) is 17.7 Å². The van der Waals surface area contributed by atoms with Crippen molar-refractivity contribution in [3.05, 3.63) is 54.0 Å². The summed E-state index contributed by atoms with van der Waals surface area (Å²) in [4.78, 5) is 25.4. The number of amides is 2. The highest BCUT2D eigenvalue weighted by Crippen LogP contribution is 2.17. The molecule has 2 amide bonds. The van der Waals surface area contributed by atoms with Crippen molar-refractivity contribution >= 4 is 21.8 Å². The average molecular weight is 436 g/mol. The molecule has 0 radical (unpaired) electrons. The van der Waals surface area contributed by atoms with E-state index < -0.39 is 22.0 Å². The molecule has 0 aliphatic heterocycles. The van der Waals surface area contributed by atoms with E-state index in [2.05, 4.69) is 10.6 Å². The fraction of sp³-hybridized carbons (Fsp3) is 0.429. The highest BCUT2D eigenvalue weighted by molar-refractivity contribution is 7.89. The van der Waals surface area contributed by atoms with Gasteiger partial charge in [0.2, 0.25) is 15.9 Å². The fourth-order valence-electron chi connectivity index (χ4n) is 2.97. The van der Waals surface area contributed by atoms with Crippen molar-refractivity contribution in [2.75, 3.05) is 13.1 Å². The van der Waals surface area contributed by atoms with Crippen LogP contribution in [0.4, 0.5) is 0 Å². The Hall–Kier alpha value is -2.65. The third-order valence-corrected chi connectivity index (χ3v) is 6.74. The number of carbonyl (C=O) groups is 2. The Labute approximate surface area is 177 Å². The highest BCUT2D eigenvalue weighted by atomic mass is 32.2. The van der Waals surface area contributed by atoms with Gasteiger partial charge in [-0.25, -0.2) is 8.42 Å². The predicted octanol–water partition coefficient (Wildman–Crippen LogP) is 2.38. The average Bonchev–Trinajstić information content (AvgIpc) is 3.24. The zero-order valence-electron chi connectivity index (χ0n) is 17.7. The Morgan fingerprint density at radius 2 is 1.80 bits per heavy atom. The first-order valence-corrected chi connectivity index (χ1v) is 11.4. The first-order chi connectivity index (χ1) is 14.2. The number of benzene rings is 1. The zero-order chi connectivity index (χ0) is 22.3. The number of hydrogen-bond acceptors (Lipinski definition) is 5. The molecular formula is C21H29N3O5S. The number of rotatable bonds is 10. The van der Waals surface area contributed by atoms with Gasteiger partial charge in [-0.2, -0.15) is 4.31 Å². The lowest BCUT2D eigenvalue weighted by Crippen LogP contribution is -2.49. The largest absolute Gasteiger partial charge is 0.467 e. The van der Waals surface area contributed by atoms with Crippen LogP contribution in [0.15, 0.2) is 52.0 Å². The first-order valence-electron chi connectivity index (χ1n) is 9.91. The first kappa shape index (κ1) is 23.6. The number of carbonyl (C=O) groups excluding carboxylic acids is 2. The minimum atomic E-state index is -3.69.